The topological polar surface area (TPSA) is 71.3 Å². The van der Waals surface area contributed by atoms with E-state index >= 15 is 0 Å². The van der Waals surface area contributed by atoms with Crippen molar-refractivity contribution in [3.05, 3.63) is 42.2 Å². The minimum Gasteiger partial charge on any atom is -0.467 e. The van der Waals surface area contributed by atoms with Gasteiger partial charge in [-0.1, -0.05) is 6.92 Å². The molecule has 1 fully saturated rings. The Balaban J connectivity index is 1.70. The Bertz CT molecular complexity index is 642. The molecule has 0 bridgehead atoms. The van der Waals surface area contributed by atoms with E-state index in [1.807, 2.05) is 6.07 Å². The predicted octanol–water partition coefficient (Wildman–Crippen LogP) is 2.77. The summed E-state index contributed by atoms with van der Waals surface area (Å²) in [5.41, 5.74) is 0.391. The molecule has 122 valence electrons. The van der Waals surface area contributed by atoms with Gasteiger partial charge in [-0.25, -0.2) is 9.97 Å². The maximum Gasteiger partial charge on any atom is 0.270 e. The van der Waals surface area contributed by atoms with Gasteiger partial charge in [0.25, 0.3) is 5.91 Å². The number of aromatic nitrogens is 2. The Hall–Kier alpha value is -2.37. The molecule has 1 aliphatic heterocycles. The molecule has 3 rings (SSSR count). The van der Waals surface area contributed by atoms with Crippen LogP contribution in [0.3, 0.4) is 0 Å². The van der Waals surface area contributed by atoms with Gasteiger partial charge in [0.05, 0.1) is 12.8 Å². The number of hydrogen-bond acceptors (Lipinski definition) is 5. The molecule has 2 aromatic rings. The van der Waals surface area contributed by atoms with Crippen molar-refractivity contribution in [2.75, 3.05) is 11.4 Å². The molecule has 1 N–H and O–H groups in total. The van der Waals surface area contributed by atoms with Crippen molar-refractivity contribution in [1.82, 2.24) is 15.3 Å². The standard InChI is InChI=1S/C17H22N4O2/c1-2-13-6-3-4-8-21(13)16-10-15(19-12-20-16)17(22)18-11-14-7-5-9-23-14/h5,7,9-10,12-13H,2-4,6,8,11H2,1H3,(H,18,22). The summed E-state index contributed by atoms with van der Waals surface area (Å²) in [6.07, 6.45) is 7.76. The van der Waals surface area contributed by atoms with Crippen LogP contribution in [0.25, 0.3) is 0 Å². The molecule has 1 aliphatic rings. The highest BCUT2D eigenvalue weighted by molar-refractivity contribution is 5.92. The van der Waals surface area contributed by atoms with Crippen molar-refractivity contribution in [1.29, 1.82) is 0 Å². The van der Waals surface area contributed by atoms with E-state index < -0.39 is 0 Å². The summed E-state index contributed by atoms with van der Waals surface area (Å²) >= 11 is 0. The van der Waals surface area contributed by atoms with E-state index in [1.54, 1.807) is 18.4 Å². The molecule has 3 heterocycles. The number of nitrogens with zero attached hydrogens (tertiary/aromatic N) is 3. The van der Waals surface area contributed by atoms with E-state index in [2.05, 4.69) is 27.1 Å². The first-order valence-electron chi connectivity index (χ1n) is 8.17. The molecule has 0 spiro atoms. The molecule has 1 atom stereocenters. The van der Waals surface area contributed by atoms with E-state index in [-0.39, 0.29) is 5.91 Å². The van der Waals surface area contributed by atoms with E-state index in [0.29, 0.717) is 18.3 Å². The van der Waals surface area contributed by atoms with E-state index in [4.69, 9.17) is 4.42 Å². The molecule has 2 aromatic heterocycles. The highest BCUT2D eigenvalue weighted by Crippen LogP contribution is 2.24. The average molecular weight is 314 g/mol. The maximum atomic E-state index is 12.3. The van der Waals surface area contributed by atoms with Gasteiger partial charge in [0.2, 0.25) is 0 Å². The average Bonchev–Trinajstić information content (AvgIpc) is 3.13. The normalized spacial score (nSPS) is 18.0. The lowest BCUT2D eigenvalue weighted by Gasteiger charge is -2.36. The number of furan rings is 1. The van der Waals surface area contributed by atoms with Crippen LogP contribution in [-0.2, 0) is 6.54 Å². The largest absolute Gasteiger partial charge is 0.467 e. The molecule has 6 heteroatoms. The van der Waals surface area contributed by atoms with E-state index in [9.17, 15) is 4.79 Å². The van der Waals surface area contributed by atoms with Crippen molar-refractivity contribution in [3.8, 4) is 0 Å². The second-order valence-electron chi connectivity index (χ2n) is 5.77. The minimum absolute atomic E-state index is 0.213. The van der Waals surface area contributed by atoms with Gasteiger partial charge in [0.15, 0.2) is 0 Å². The monoisotopic (exact) mass is 314 g/mol. The first kappa shape index (κ1) is 15.5. The highest BCUT2D eigenvalue weighted by Gasteiger charge is 2.23. The number of rotatable bonds is 5. The fourth-order valence-electron chi connectivity index (χ4n) is 3.03. The van der Waals surface area contributed by atoms with Gasteiger partial charge in [0.1, 0.15) is 23.6 Å². The Morgan fingerprint density at radius 1 is 1.43 bits per heavy atom. The summed E-state index contributed by atoms with van der Waals surface area (Å²) < 4.78 is 5.21. The number of hydrogen-bond donors (Lipinski definition) is 1. The quantitative estimate of drug-likeness (QED) is 0.919. The zero-order chi connectivity index (χ0) is 16.1. The SMILES string of the molecule is CCC1CCCCN1c1cc(C(=O)NCc2ccco2)ncn1. The van der Waals surface area contributed by atoms with Gasteiger partial charge in [-0.3, -0.25) is 4.79 Å². The summed E-state index contributed by atoms with van der Waals surface area (Å²) in [7, 11) is 0. The van der Waals surface area contributed by atoms with E-state index in [0.717, 1.165) is 24.5 Å². The number of carbonyl (C=O) groups excluding carboxylic acids is 1. The van der Waals surface area contributed by atoms with Gasteiger partial charge >= 0.3 is 0 Å². The lowest BCUT2D eigenvalue weighted by atomic mass is 10.00. The first-order chi connectivity index (χ1) is 11.3. The van der Waals surface area contributed by atoms with Gasteiger partial charge in [-0.05, 0) is 37.8 Å². The van der Waals surface area contributed by atoms with Gasteiger partial charge in [-0.15, -0.1) is 0 Å². The number of amides is 1. The first-order valence-corrected chi connectivity index (χ1v) is 8.17. The highest BCUT2D eigenvalue weighted by atomic mass is 16.3. The van der Waals surface area contributed by atoms with Crippen LogP contribution in [0.1, 0.15) is 48.9 Å². The summed E-state index contributed by atoms with van der Waals surface area (Å²) in [5.74, 6) is 1.35. The summed E-state index contributed by atoms with van der Waals surface area (Å²) in [6.45, 7) is 3.54. The van der Waals surface area contributed by atoms with Crippen molar-refractivity contribution in [2.24, 2.45) is 0 Å². The lowest BCUT2D eigenvalue weighted by Crippen LogP contribution is -2.39. The molecule has 0 saturated carbocycles. The summed E-state index contributed by atoms with van der Waals surface area (Å²) in [4.78, 5) is 23.0. The van der Waals surface area contributed by atoms with Gasteiger partial charge in [0, 0.05) is 18.7 Å². The Morgan fingerprint density at radius 2 is 2.35 bits per heavy atom. The molecular weight excluding hydrogens is 292 g/mol. The molecule has 23 heavy (non-hydrogen) atoms. The third-order valence-corrected chi connectivity index (χ3v) is 4.28. The van der Waals surface area contributed by atoms with Crippen LogP contribution >= 0.6 is 0 Å². The number of anilines is 1. The smallest absolute Gasteiger partial charge is 0.270 e. The van der Waals surface area contributed by atoms with Gasteiger partial charge in [-0.2, -0.15) is 0 Å². The van der Waals surface area contributed by atoms with Crippen molar-refractivity contribution >= 4 is 11.7 Å². The molecule has 0 radical (unpaired) electrons. The fraction of sp³-hybridized carbons (Fsp3) is 0.471. The Kier molecular flexibility index (Phi) is 4.90. The molecule has 0 aromatic carbocycles. The summed E-state index contributed by atoms with van der Waals surface area (Å²) in [5, 5.41) is 2.82. The van der Waals surface area contributed by atoms with Crippen LogP contribution in [0.4, 0.5) is 5.82 Å². The Morgan fingerprint density at radius 3 is 3.13 bits per heavy atom. The number of piperidine rings is 1. The van der Waals surface area contributed by atoms with Crippen LogP contribution in [-0.4, -0.2) is 28.5 Å². The van der Waals surface area contributed by atoms with Crippen LogP contribution in [0.15, 0.2) is 35.2 Å². The van der Waals surface area contributed by atoms with Crippen LogP contribution < -0.4 is 10.2 Å². The zero-order valence-electron chi connectivity index (χ0n) is 13.4. The molecule has 0 aliphatic carbocycles. The fourth-order valence-corrected chi connectivity index (χ4v) is 3.03. The zero-order valence-corrected chi connectivity index (χ0v) is 13.4. The van der Waals surface area contributed by atoms with Crippen LogP contribution in [0, 0.1) is 0 Å². The molecule has 6 nitrogen and oxygen atoms in total. The molecular formula is C17H22N4O2. The molecule has 1 amide bonds. The predicted molar refractivity (Wildman–Crippen MR) is 87.2 cm³/mol. The molecule has 1 unspecified atom stereocenters. The molecule has 1 saturated heterocycles. The van der Waals surface area contributed by atoms with Crippen LogP contribution in [0.5, 0.6) is 0 Å². The van der Waals surface area contributed by atoms with Crippen molar-refractivity contribution in [3.63, 3.8) is 0 Å². The second kappa shape index (κ2) is 7.26. The second-order valence-corrected chi connectivity index (χ2v) is 5.77. The van der Waals surface area contributed by atoms with Crippen molar-refractivity contribution in [2.45, 2.75) is 45.2 Å². The third kappa shape index (κ3) is 3.70. The number of nitrogens with one attached hydrogen (secondary N) is 1. The van der Waals surface area contributed by atoms with E-state index in [1.165, 1.54) is 25.6 Å². The Labute approximate surface area is 135 Å². The summed E-state index contributed by atoms with van der Waals surface area (Å²) in [6, 6.07) is 5.90. The minimum atomic E-state index is -0.213. The lowest BCUT2D eigenvalue weighted by molar-refractivity contribution is 0.0943. The maximum absolute atomic E-state index is 12.3. The van der Waals surface area contributed by atoms with Gasteiger partial charge < -0.3 is 14.6 Å². The third-order valence-electron chi connectivity index (χ3n) is 4.28. The van der Waals surface area contributed by atoms with Crippen molar-refractivity contribution < 1.29 is 9.21 Å². The van der Waals surface area contributed by atoms with Crippen LogP contribution in [0.2, 0.25) is 0 Å². The number of carbonyl (C=O) groups is 1.